The highest BCUT2D eigenvalue weighted by atomic mass is 32.1. The monoisotopic (exact) mass is 410 g/mol. The number of hydrogen-bond acceptors (Lipinski definition) is 5. The fourth-order valence-electron chi connectivity index (χ4n) is 6.00. The molecule has 1 aromatic heterocycles. The number of nitrogens with one attached hydrogen (secondary N) is 1. The Morgan fingerprint density at radius 3 is 2.34 bits per heavy atom. The smallest absolute Gasteiger partial charge is 0.358 e. The predicted octanol–water partition coefficient (Wildman–Crippen LogP) is 4.36. The van der Waals surface area contributed by atoms with Crippen LogP contribution in [0.5, 0.6) is 0 Å². The lowest BCUT2D eigenvalue weighted by Gasteiger charge is -2.56. The SMILES string of the molecule is Cc1ccc(-c2nc(C(=O)OCC(=O)NC34CC5CC(CC(C5)C3)C4)cs2)cc1. The Hall–Kier alpha value is -2.21. The Labute approximate surface area is 174 Å². The molecular formula is C23H26N2O3S. The first-order chi connectivity index (χ1) is 14.0. The van der Waals surface area contributed by atoms with Crippen molar-refractivity contribution in [2.75, 3.05) is 6.61 Å². The second kappa shape index (κ2) is 7.24. The number of ether oxygens (including phenoxy) is 1. The summed E-state index contributed by atoms with van der Waals surface area (Å²) in [6, 6.07) is 8.01. The molecule has 4 bridgehead atoms. The number of benzene rings is 1. The molecule has 29 heavy (non-hydrogen) atoms. The van der Waals surface area contributed by atoms with E-state index < -0.39 is 5.97 Å². The number of carbonyl (C=O) groups excluding carboxylic acids is 2. The Kier molecular flexibility index (Phi) is 4.69. The van der Waals surface area contributed by atoms with E-state index in [4.69, 9.17) is 4.74 Å². The molecular weight excluding hydrogens is 384 g/mol. The molecule has 1 aromatic carbocycles. The number of aryl methyl sites for hydroxylation is 1. The van der Waals surface area contributed by atoms with E-state index in [0.717, 1.165) is 47.6 Å². The van der Waals surface area contributed by atoms with Gasteiger partial charge >= 0.3 is 5.97 Å². The molecule has 4 aliphatic rings. The summed E-state index contributed by atoms with van der Waals surface area (Å²) in [5, 5.41) is 5.70. The maximum Gasteiger partial charge on any atom is 0.358 e. The molecule has 1 amide bonds. The molecule has 4 fully saturated rings. The van der Waals surface area contributed by atoms with E-state index in [9.17, 15) is 9.59 Å². The van der Waals surface area contributed by atoms with Gasteiger partial charge in [0.15, 0.2) is 12.3 Å². The van der Waals surface area contributed by atoms with Gasteiger partial charge in [0.1, 0.15) is 5.01 Å². The molecule has 0 radical (unpaired) electrons. The van der Waals surface area contributed by atoms with E-state index in [1.807, 2.05) is 31.2 Å². The lowest BCUT2D eigenvalue weighted by molar-refractivity contribution is -0.130. The highest BCUT2D eigenvalue weighted by Gasteiger charge is 2.51. The molecule has 2 aromatic rings. The zero-order valence-electron chi connectivity index (χ0n) is 16.6. The highest BCUT2D eigenvalue weighted by Crippen LogP contribution is 2.55. The van der Waals surface area contributed by atoms with Gasteiger partial charge in [-0.1, -0.05) is 29.8 Å². The fourth-order valence-corrected chi connectivity index (χ4v) is 6.79. The van der Waals surface area contributed by atoms with Crippen LogP contribution in [0, 0.1) is 24.7 Å². The first-order valence-electron chi connectivity index (χ1n) is 10.5. The number of amides is 1. The summed E-state index contributed by atoms with van der Waals surface area (Å²) in [5.74, 6) is 1.56. The van der Waals surface area contributed by atoms with Crippen LogP contribution in [0.25, 0.3) is 10.6 Å². The van der Waals surface area contributed by atoms with Gasteiger partial charge in [-0.25, -0.2) is 9.78 Å². The molecule has 152 valence electrons. The third kappa shape index (κ3) is 3.82. The van der Waals surface area contributed by atoms with Crippen molar-refractivity contribution in [3.05, 3.63) is 40.9 Å². The number of rotatable bonds is 5. The van der Waals surface area contributed by atoms with Crippen LogP contribution >= 0.6 is 11.3 Å². The van der Waals surface area contributed by atoms with Crippen LogP contribution in [0.15, 0.2) is 29.6 Å². The molecule has 1 heterocycles. The first kappa shape index (κ1) is 18.8. The third-order valence-electron chi connectivity index (χ3n) is 6.79. The van der Waals surface area contributed by atoms with E-state index in [1.54, 1.807) is 5.38 Å². The van der Waals surface area contributed by atoms with E-state index in [-0.39, 0.29) is 23.7 Å². The third-order valence-corrected chi connectivity index (χ3v) is 7.68. The molecule has 6 rings (SSSR count). The number of thiazole rings is 1. The summed E-state index contributed by atoms with van der Waals surface area (Å²) >= 11 is 1.40. The van der Waals surface area contributed by atoms with Crippen LogP contribution in [0.2, 0.25) is 0 Å². The molecule has 0 unspecified atom stereocenters. The Bertz CT molecular complexity index is 899. The van der Waals surface area contributed by atoms with Crippen LogP contribution in [-0.2, 0) is 9.53 Å². The van der Waals surface area contributed by atoms with Crippen molar-refractivity contribution in [3.8, 4) is 10.6 Å². The van der Waals surface area contributed by atoms with Crippen molar-refractivity contribution in [2.24, 2.45) is 17.8 Å². The van der Waals surface area contributed by atoms with Crippen molar-refractivity contribution in [2.45, 2.75) is 51.0 Å². The molecule has 6 heteroatoms. The van der Waals surface area contributed by atoms with Gasteiger partial charge in [0.2, 0.25) is 0 Å². The summed E-state index contributed by atoms with van der Waals surface area (Å²) in [6.07, 6.45) is 7.26. The molecule has 0 saturated heterocycles. The lowest BCUT2D eigenvalue weighted by Crippen LogP contribution is -2.60. The molecule has 0 spiro atoms. The normalized spacial score (nSPS) is 29.6. The maximum atomic E-state index is 12.5. The molecule has 4 aliphatic carbocycles. The zero-order chi connectivity index (χ0) is 20.0. The summed E-state index contributed by atoms with van der Waals surface area (Å²) in [5.41, 5.74) is 2.35. The van der Waals surface area contributed by atoms with Crippen LogP contribution in [0.3, 0.4) is 0 Å². The number of carbonyl (C=O) groups is 2. The van der Waals surface area contributed by atoms with Crippen LogP contribution in [-0.4, -0.2) is 29.0 Å². The van der Waals surface area contributed by atoms with Gasteiger partial charge < -0.3 is 10.1 Å². The predicted molar refractivity (Wildman–Crippen MR) is 112 cm³/mol. The van der Waals surface area contributed by atoms with Gasteiger partial charge in [-0.2, -0.15) is 0 Å². The average Bonchev–Trinajstić information content (AvgIpc) is 3.15. The number of hydrogen-bond donors (Lipinski definition) is 1. The molecule has 4 saturated carbocycles. The second-order valence-corrected chi connectivity index (χ2v) is 10.1. The topological polar surface area (TPSA) is 68.3 Å². The highest BCUT2D eigenvalue weighted by molar-refractivity contribution is 7.13. The minimum Gasteiger partial charge on any atom is -0.451 e. The number of nitrogens with zero attached hydrogens (tertiary/aromatic N) is 1. The Morgan fingerprint density at radius 2 is 1.72 bits per heavy atom. The lowest BCUT2D eigenvalue weighted by atomic mass is 9.53. The largest absolute Gasteiger partial charge is 0.451 e. The number of aromatic nitrogens is 1. The maximum absolute atomic E-state index is 12.5. The van der Waals surface area contributed by atoms with Gasteiger partial charge in [-0.3, -0.25) is 4.79 Å². The fraction of sp³-hybridized carbons (Fsp3) is 0.522. The average molecular weight is 411 g/mol. The summed E-state index contributed by atoms with van der Waals surface area (Å²) in [7, 11) is 0. The van der Waals surface area contributed by atoms with E-state index in [1.165, 1.54) is 36.2 Å². The molecule has 5 nitrogen and oxygen atoms in total. The van der Waals surface area contributed by atoms with Crippen molar-refractivity contribution >= 4 is 23.2 Å². The molecule has 0 atom stereocenters. The van der Waals surface area contributed by atoms with Crippen LogP contribution in [0.1, 0.15) is 54.6 Å². The summed E-state index contributed by atoms with van der Waals surface area (Å²) in [6.45, 7) is 1.79. The first-order valence-corrected chi connectivity index (χ1v) is 11.4. The van der Waals surface area contributed by atoms with Crippen LogP contribution < -0.4 is 5.32 Å². The molecule has 1 N–H and O–H groups in total. The van der Waals surface area contributed by atoms with Crippen molar-refractivity contribution in [3.63, 3.8) is 0 Å². The van der Waals surface area contributed by atoms with E-state index in [0.29, 0.717) is 0 Å². The quantitative estimate of drug-likeness (QED) is 0.744. The standard InChI is InChI=1S/C23H26N2O3S/c1-14-2-4-18(5-3-14)21-24-19(13-29-21)22(27)28-12-20(26)25-23-9-15-6-16(10-23)8-17(7-15)11-23/h2-5,13,15-17H,6-12H2,1H3,(H,25,26). The van der Waals surface area contributed by atoms with Crippen molar-refractivity contribution in [1.82, 2.24) is 10.3 Å². The zero-order valence-corrected chi connectivity index (χ0v) is 17.5. The van der Waals surface area contributed by atoms with Gasteiger partial charge in [-0.05, 0) is 63.2 Å². The van der Waals surface area contributed by atoms with E-state index in [2.05, 4.69) is 10.3 Å². The summed E-state index contributed by atoms with van der Waals surface area (Å²) in [4.78, 5) is 29.3. The minimum absolute atomic E-state index is 0.0581. The second-order valence-electron chi connectivity index (χ2n) is 9.23. The molecule has 0 aliphatic heterocycles. The van der Waals surface area contributed by atoms with Crippen molar-refractivity contribution in [1.29, 1.82) is 0 Å². The van der Waals surface area contributed by atoms with Gasteiger partial charge in [0, 0.05) is 16.5 Å². The Morgan fingerprint density at radius 1 is 1.10 bits per heavy atom. The van der Waals surface area contributed by atoms with E-state index >= 15 is 0 Å². The van der Waals surface area contributed by atoms with Gasteiger partial charge in [0.25, 0.3) is 5.91 Å². The van der Waals surface area contributed by atoms with Crippen molar-refractivity contribution < 1.29 is 14.3 Å². The van der Waals surface area contributed by atoms with Crippen LogP contribution in [0.4, 0.5) is 0 Å². The van der Waals surface area contributed by atoms with Gasteiger partial charge in [0.05, 0.1) is 0 Å². The minimum atomic E-state index is -0.541. The summed E-state index contributed by atoms with van der Waals surface area (Å²) < 4.78 is 5.27. The number of esters is 1. The van der Waals surface area contributed by atoms with Gasteiger partial charge in [-0.15, -0.1) is 11.3 Å². The Balaban J connectivity index is 1.17.